The molecule has 14 heteroatoms. The van der Waals surface area contributed by atoms with Gasteiger partial charge in [0.25, 0.3) is 0 Å². The molecule has 256 valence electrons. The monoisotopic (exact) mass is 726 g/mol. The molecule has 0 aliphatic carbocycles. The predicted molar refractivity (Wildman–Crippen MR) is 196 cm³/mol. The summed E-state index contributed by atoms with van der Waals surface area (Å²) in [6.07, 6.45) is 9.35. The summed E-state index contributed by atoms with van der Waals surface area (Å²) < 4.78 is 23.1. The first-order chi connectivity index (χ1) is 23.3. The minimum atomic E-state index is -0.982. The van der Waals surface area contributed by atoms with E-state index in [1.54, 1.807) is 35.2 Å². The molecular weight excluding hydrogens is 685 g/mol. The third kappa shape index (κ3) is 10.3. The molecule has 4 aromatic rings. The Kier molecular flexibility index (Phi) is 13.3. The maximum absolute atomic E-state index is 12.4. The molecule has 48 heavy (non-hydrogen) atoms. The number of thiazole rings is 2. The van der Waals surface area contributed by atoms with E-state index in [0.717, 1.165) is 83.5 Å². The molecule has 2 aromatic heterocycles. The topological polar surface area (TPSA) is 107 Å². The Morgan fingerprint density at radius 1 is 0.646 bits per heavy atom. The van der Waals surface area contributed by atoms with Crippen LogP contribution in [0.1, 0.15) is 24.0 Å². The fourth-order valence-electron chi connectivity index (χ4n) is 5.62. The van der Waals surface area contributed by atoms with Gasteiger partial charge in [0.05, 0.1) is 0 Å². The van der Waals surface area contributed by atoms with Crippen molar-refractivity contribution in [3.63, 3.8) is 0 Å². The number of aromatic nitrogens is 2. The highest BCUT2D eigenvalue weighted by Crippen LogP contribution is 2.21. The summed E-state index contributed by atoms with van der Waals surface area (Å²) >= 11 is 3.27. The molecule has 6 rings (SSSR count). The molecule has 2 saturated heterocycles. The second kappa shape index (κ2) is 17.8. The van der Waals surface area contributed by atoms with Gasteiger partial charge in [0.15, 0.2) is 10.3 Å². The van der Waals surface area contributed by atoms with Crippen LogP contribution in [0.2, 0.25) is 0 Å². The van der Waals surface area contributed by atoms with E-state index in [0.29, 0.717) is 25.7 Å². The number of carbonyl (C=O) groups is 2. The van der Waals surface area contributed by atoms with Crippen LogP contribution in [0, 0.1) is 0 Å². The lowest BCUT2D eigenvalue weighted by molar-refractivity contribution is -0.132. The summed E-state index contributed by atoms with van der Waals surface area (Å²) in [5.41, 5.74) is 2.13. The number of amides is 2. The first-order valence-electron chi connectivity index (χ1n) is 16.0. The summed E-state index contributed by atoms with van der Waals surface area (Å²) in [6, 6.07) is 15.4. The number of piperazine rings is 2. The number of hydrogen-bond acceptors (Lipinski definition) is 10. The van der Waals surface area contributed by atoms with Crippen molar-refractivity contribution in [3.8, 4) is 0 Å². The number of nitrogens with zero attached hydrogens (tertiary/aromatic N) is 6. The van der Waals surface area contributed by atoms with Gasteiger partial charge in [0, 0.05) is 132 Å². The van der Waals surface area contributed by atoms with Crippen LogP contribution < -0.4 is 9.80 Å². The number of benzene rings is 2. The average Bonchev–Trinajstić information content (AvgIpc) is 3.86. The Morgan fingerprint density at radius 3 is 1.38 bits per heavy atom. The van der Waals surface area contributed by atoms with E-state index in [-0.39, 0.29) is 11.8 Å². The van der Waals surface area contributed by atoms with Crippen molar-refractivity contribution in [2.24, 2.45) is 0 Å². The molecule has 2 aromatic carbocycles. The maximum atomic E-state index is 12.4. The zero-order valence-electron chi connectivity index (χ0n) is 27.4. The van der Waals surface area contributed by atoms with Gasteiger partial charge in [-0.15, -0.1) is 22.7 Å². The largest absolute Gasteiger partial charge is 0.345 e. The molecule has 0 spiro atoms. The van der Waals surface area contributed by atoms with Crippen LogP contribution in [0.15, 0.2) is 81.5 Å². The predicted octanol–water partition coefficient (Wildman–Crippen LogP) is 4.32. The normalized spacial score (nSPS) is 16.2. The Hall–Kier alpha value is -3.46. The van der Waals surface area contributed by atoms with Gasteiger partial charge in [-0.05, 0) is 48.2 Å². The van der Waals surface area contributed by atoms with E-state index in [9.17, 15) is 18.0 Å². The lowest BCUT2D eigenvalue weighted by Gasteiger charge is -2.34. The van der Waals surface area contributed by atoms with Crippen LogP contribution in [0.3, 0.4) is 0 Å². The highest BCUT2D eigenvalue weighted by molar-refractivity contribution is 7.84. The molecule has 0 saturated carbocycles. The summed E-state index contributed by atoms with van der Waals surface area (Å²) in [4.78, 5) is 43.5. The summed E-state index contributed by atoms with van der Waals surface area (Å²) in [5, 5.41) is 6.02. The third-order valence-electron chi connectivity index (χ3n) is 8.36. The SMILES string of the molecule is CS(=O)c1cccc(CCC(=O)N2CCN(c3nccs3)CC2)c1.CS(=O)c1cccc(CCC(=O)N2CCN(c3nccs3)CC2)c1. The van der Waals surface area contributed by atoms with Crippen molar-refractivity contribution < 1.29 is 18.0 Å². The van der Waals surface area contributed by atoms with Crippen molar-refractivity contribution in [2.45, 2.75) is 35.5 Å². The van der Waals surface area contributed by atoms with Crippen molar-refractivity contribution in [2.75, 3.05) is 74.7 Å². The Balaban J connectivity index is 0.000000188. The van der Waals surface area contributed by atoms with Crippen molar-refractivity contribution in [1.29, 1.82) is 0 Å². The van der Waals surface area contributed by atoms with E-state index in [4.69, 9.17) is 0 Å². The molecule has 4 heterocycles. The smallest absolute Gasteiger partial charge is 0.223 e. The van der Waals surface area contributed by atoms with E-state index in [2.05, 4.69) is 19.8 Å². The molecule has 0 radical (unpaired) electrons. The lowest BCUT2D eigenvalue weighted by Crippen LogP contribution is -2.48. The number of rotatable bonds is 10. The second-order valence-electron chi connectivity index (χ2n) is 11.6. The first-order valence-corrected chi connectivity index (χ1v) is 20.8. The molecule has 2 fully saturated rings. The van der Waals surface area contributed by atoms with Crippen LogP contribution in [-0.2, 0) is 44.0 Å². The van der Waals surface area contributed by atoms with Crippen LogP contribution in [-0.4, -0.2) is 105 Å². The van der Waals surface area contributed by atoms with Gasteiger partial charge in [-0.3, -0.25) is 18.0 Å². The molecule has 2 aliphatic heterocycles. The maximum Gasteiger partial charge on any atom is 0.223 e. The van der Waals surface area contributed by atoms with Crippen molar-refractivity contribution in [3.05, 3.63) is 82.8 Å². The van der Waals surface area contributed by atoms with Gasteiger partial charge >= 0.3 is 0 Å². The Labute approximate surface area is 295 Å². The minimum Gasteiger partial charge on any atom is -0.345 e. The van der Waals surface area contributed by atoms with Crippen molar-refractivity contribution >= 4 is 66.4 Å². The Bertz CT molecular complexity index is 1540. The minimum absolute atomic E-state index is 0.191. The molecular formula is C34H42N6O4S4. The number of hydrogen-bond donors (Lipinski definition) is 0. The molecule has 2 aliphatic rings. The first kappa shape index (κ1) is 35.8. The molecule has 0 N–H and O–H groups in total. The zero-order chi connectivity index (χ0) is 33.9. The summed E-state index contributed by atoms with van der Waals surface area (Å²) in [5.74, 6) is 0.383. The fraction of sp³-hybridized carbons (Fsp3) is 0.412. The van der Waals surface area contributed by atoms with Gasteiger partial charge < -0.3 is 19.6 Å². The zero-order valence-corrected chi connectivity index (χ0v) is 30.6. The molecule has 2 atom stereocenters. The fourth-order valence-corrected chi connectivity index (χ4v) is 8.19. The van der Waals surface area contributed by atoms with E-state index < -0.39 is 21.6 Å². The van der Waals surface area contributed by atoms with Crippen LogP contribution >= 0.6 is 22.7 Å². The average molecular weight is 727 g/mol. The van der Waals surface area contributed by atoms with Gasteiger partial charge in [-0.2, -0.15) is 0 Å². The highest BCUT2D eigenvalue weighted by atomic mass is 32.2. The number of aryl methyl sites for hydroxylation is 2. The van der Waals surface area contributed by atoms with Crippen LogP contribution in [0.5, 0.6) is 0 Å². The van der Waals surface area contributed by atoms with Gasteiger partial charge in [0.1, 0.15) is 0 Å². The summed E-state index contributed by atoms with van der Waals surface area (Å²) in [7, 11) is -1.96. The van der Waals surface area contributed by atoms with Gasteiger partial charge in [0.2, 0.25) is 11.8 Å². The van der Waals surface area contributed by atoms with Crippen LogP contribution in [0.25, 0.3) is 0 Å². The molecule has 10 nitrogen and oxygen atoms in total. The third-order valence-corrected chi connectivity index (χ3v) is 11.9. The lowest BCUT2D eigenvalue weighted by atomic mass is 10.1. The number of anilines is 2. The quantitative estimate of drug-likeness (QED) is 0.238. The molecule has 2 unspecified atom stereocenters. The van der Waals surface area contributed by atoms with Crippen molar-refractivity contribution in [1.82, 2.24) is 19.8 Å². The Morgan fingerprint density at radius 2 is 1.04 bits per heavy atom. The molecule has 0 bridgehead atoms. The highest BCUT2D eigenvalue weighted by Gasteiger charge is 2.23. The van der Waals surface area contributed by atoms with E-state index >= 15 is 0 Å². The van der Waals surface area contributed by atoms with Crippen LogP contribution in [0.4, 0.5) is 10.3 Å². The van der Waals surface area contributed by atoms with Gasteiger partial charge in [-0.1, -0.05) is 24.3 Å². The van der Waals surface area contributed by atoms with E-state index in [1.807, 2.05) is 81.5 Å². The summed E-state index contributed by atoms with van der Waals surface area (Å²) in [6.45, 7) is 6.34. The van der Waals surface area contributed by atoms with Gasteiger partial charge in [-0.25, -0.2) is 9.97 Å². The number of carbonyl (C=O) groups excluding carboxylic acids is 2. The molecule has 2 amide bonds. The van der Waals surface area contributed by atoms with E-state index in [1.165, 1.54) is 0 Å². The second-order valence-corrected chi connectivity index (χ2v) is 16.1. The standard InChI is InChI=1S/2C17H21N3O2S2/c2*1-24(22)15-4-2-3-14(13-15)5-6-16(21)19-8-10-20(11-9-19)17-18-7-12-23-17/h2*2-4,7,12-13H,5-6,8-11H2,1H3.